The molecular weight excluding hydrogens is 378 g/mol. The summed E-state index contributed by atoms with van der Waals surface area (Å²) in [5, 5.41) is 0. The summed E-state index contributed by atoms with van der Waals surface area (Å²) in [7, 11) is 0. The molecule has 3 saturated heterocycles. The van der Waals surface area contributed by atoms with E-state index in [1.807, 2.05) is 9.80 Å². The fourth-order valence-electron chi connectivity index (χ4n) is 6.07. The summed E-state index contributed by atoms with van der Waals surface area (Å²) >= 11 is 0. The highest BCUT2D eigenvalue weighted by Gasteiger charge is 2.46. The van der Waals surface area contributed by atoms with Gasteiger partial charge < -0.3 is 19.4 Å². The Labute approximate surface area is 179 Å². The van der Waals surface area contributed by atoms with Crippen LogP contribution in [0.1, 0.15) is 55.6 Å². The molecule has 3 fully saturated rings. The summed E-state index contributed by atoms with van der Waals surface area (Å²) in [4.78, 5) is 31.8. The number of amides is 3. The standard InChI is InChI=1S/C24H33N3O3/c28-22(25-13-15-30-16-14-25)17-19-18-24(21-6-2-1-5-20(19)21)7-11-27(12-8-24)23(29)26-9-3-4-10-26/h1-2,5-6,19H,3-4,7-18H2/t19-/m0/s1. The number of nitrogens with zero attached hydrogens (tertiary/aromatic N) is 3. The van der Waals surface area contributed by atoms with Crippen molar-refractivity contribution in [2.45, 2.75) is 49.9 Å². The second kappa shape index (κ2) is 8.22. The maximum Gasteiger partial charge on any atom is 0.319 e. The first-order valence-corrected chi connectivity index (χ1v) is 11.7. The van der Waals surface area contributed by atoms with Gasteiger partial charge in [-0.1, -0.05) is 24.3 Å². The van der Waals surface area contributed by atoms with E-state index in [9.17, 15) is 9.59 Å². The van der Waals surface area contributed by atoms with Gasteiger partial charge in [-0.05, 0) is 54.6 Å². The predicted molar refractivity (Wildman–Crippen MR) is 115 cm³/mol. The van der Waals surface area contributed by atoms with Gasteiger partial charge in [-0.25, -0.2) is 4.79 Å². The molecule has 6 heteroatoms. The van der Waals surface area contributed by atoms with Crippen LogP contribution in [0.15, 0.2) is 24.3 Å². The molecule has 1 aromatic rings. The lowest BCUT2D eigenvalue weighted by molar-refractivity contribution is -0.135. The molecule has 0 radical (unpaired) electrons. The molecule has 3 heterocycles. The molecular formula is C24H33N3O3. The first-order valence-electron chi connectivity index (χ1n) is 11.7. The second-order valence-electron chi connectivity index (χ2n) is 9.43. The smallest absolute Gasteiger partial charge is 0.319 e. The molecule has 1 spiro atoms. The van der Waals surface area contributed by atoms with Crippen molar-refractivity contribution in [1.82, 2.24) is 14.7 Å². The monoisotopic (exact) mass is 411 g/mol. The van der Waals surface area contributed by atoms with Crippen molar-refractivity contribution in [3.8, 4) is 0 Å². The number of morpholine rings is 1. The highest BCUT2D eigenvalue weighted by Crippen LogP contribution is 2.52. The Morgan fingerprint density at radius 1 is 0.900 bits per heavy atom. The van der Waals surface area contributed by atoms with Gasteiger partial charge in [-0.15, -0.1) is 0 Å². The minimum Gasteiger partial charge on any atom is -0.378 e. The number of urea groups is 1. The first-order chi connectivity index (χ1) is 14.7. The number of ether oxygens (including phenoxy) is 1. The van der Waals surface area contributed by atoms with Crippen LogP contribution in [0.2, 0.25) is 0 Å². The quantitative estimate of drug-likeness (QED) is 0.752. The highest BCUT2D eigenvalue weighted by molar-refractivity contribution is 5.78. The summed E-state index contributed by atoms with van der Waals surface area (Å²) in [6.07, 6.45) is 5.91. The molecule has 1 aromatic carbocycles. The molecule has 5 rings (SSSR count). The van der Waals surface area contributed by atoms with Crippen molar-refractivity contribution in [2.75, 3.05) is 52.5 Å². The third kappa shape index (κ3) is 3.59. The van der Waals surface area contributed by atoms with Crippen molar-refractivity contribution in [3.63, 3.8) is 0 Å². The lowest BCUT2D eigenvalue weighted by atomic mass is 9.73. The molecule has 0 N–H and O–H groups in total. The van der Waals surface area contributed by atoms with Crippen LogP contribution in [0.5, 0.6) is 0 Å². The van der Waals surface area contributed by atoms with E-state index >= 15 is 0 Å². The summed E-state index contributed by atoms with van der Waals surface area (Å²) in [5.41, 5.74) is 2.91. The second-order valence-corrected chi connectivity index (χ2v) is 9.43. The number of hydrogen-bond acceptors (Lipinski definition) is 3. The Morgan fingerprint density at radius 2 is 1.57 bits per heavy atom. The zero-order chi connectivity index (χ0) is 20.6. The number of carbonyl (C=O) groups excluding carboxylic acids is 2. The summed E-state index contributed by atoms with van der Waals surface area (Å²) in [5.74, 6) is 0.550. The van der Waals surface area contributed by atoms with Gasteiger partial charge in [-0.3, -0.25) is 4.79 Å². The Kier molecular flexibility index (Phi) is 5.44. The lowest BCUT2D eigenvalue weighted by Gasteiger charge is -2.41. The van der Waals surface area contributed by atoms with Gasteiger partial charge in [0.15, 0.2) is 0 Å². The van der Waals surface area contributed by atoms with Crippen LogP contribution in [-0.4, -0.2) is 79.1 Å². The Balaban J connectivity index is 1.28. The Hall–Kier alpha value is -2.08. The minimum atomic E-state index is 0.119. The summed E-state index contributed by atoms with van der Waals surface area (Å²) in [6.45, 7) is 6.21. The molecule has 0 saturated carbocycles. The number of carbonyl (C=O) groups is 2. The van der Waals surface area contributed by atoms with E-state index < -0.39 is 0 Å². The van der Waals surface area contributed by atoms with Crippen molar-refractivity contribution in [1.29, 1.82) is 0 Å². The van der Waals surface area contributed by atoms with Crippen LogP contribution >= 0.6 is 0 Å². The van der Waals surface area contributed by atoms with E-state index in [0.717, 1.165) is 58.3 Å². The van der Waals surface area contributed by atoms with E-state index in [2.05, 4.69) is 29.2 Å². The third-order valence-electron chi connectivity index (χ3n) is 7.76. The molecule has 3 amide bonds. The third-order valence-corrected chi connectivity index (χ3v) is 7.76. The molecule has 30 heavy (non-hydrogen) atoms. The van der Waals surface area contributed by atoms with Gasteiger partial charge in [0.05, 0.1) is 13.2 Å². The topological polar surface area (TPSA) is 53.1 Å². The van der Waals surface area contributed by atoms with Crippen LogP contribution < -0.4 is 0 Å². The van der Waals surface area contributed by atoms with Gasteiger partial charge in [0.1, 0.15) is 0 Å². The SMILES string of the molecule is O=C(C[C@H]1CC2(CCN(C(=O)N3CCCC3)CC2)c2ccccc21)N1CCOCC1. The Morgan fingerprint density at radius 3 is 2.30 bits per heavy atom. The minimum absolute atomic E-state index is 0.119. The molecule has 0 unspecified atom stereocenters. The molecule has 1 aliphatic carbocycles. The van der Waals surface area contributed by atoms with Crippen molar-refractivity contribution in [2.24, 2.45) is 0 Å². The predicted octanol–water partition coefficient (Wildman–Crippen LogP) is 2.97. The fourth-order valence-corrected chi connectivity index (χ4v) is 6.07. The van der Waals surface area contributed by atoms with Gasteiger partial charge in [0.25, 0.3) is 0 Å². The average molecular weight is 412 g/mol. The number of benzene rings is 1. The van der Waals surface area contributed by atoms with Gasteiger partial charge in [-0.2, -0.15) is 0 Å². The van der Waals surface area contributed by atoms with Crippen LogP contribution in [-0.2, 0) is 14.9 Å². The first kappa shape index (κ1) is 19.9. The normalized spacial score (nSPS) is 25.6. The molecule has 4 aliphatic rings. The summed E-state index contributed by atoms with van der Waals surface area (Å²) < 4.78 is 5.40. The molecule has 0 bridgehead atoms. The maximum absolute atomic E-state index is 12.9. The van der Waals surface area contributed by atoms with Crippen LogP contribution in [0.25, 0.3) is 0 Å². The zero-order valence-electron chi connectivity index (χ0n) is 17.9. The number of piperidine rings is 1. The van der Waals surface area contributed by atoms with Crippen LogP contribution in [0, 0.1) is 0 Å². The van der Waals surface area contributed by atoms with Crippen molar-refractivity contribution < 1.29 is 14.3 Å². The molecule has 6 nitrogen and oxygen atoms in total. The van der Waals surface area contributed by atoms with Gasteiger partial charge in [0.2, 0.25) is 5.91 Å². The van der Waals surface area contributed by atoms with E-state index in [4.69, 9.17) is 4.74 Å². The number of likely N-dealkylation sites (tertiary alicyclic amines) is 2. The van der Waals surface area contributed by atoms with Gasteiger partial charge >= 0.3 is 6.03 Å². The fraction of sp³-hybridized carbons (Fsp3) is 0.667. The Bertz CT molecular complexity index is 791. The van der Waals surface area contributed by atoms with Crippen molar-refractivity contribution in [3.05, 3.63) is 35.4 Å². The molecule has 1 atom stereocenters. The van der Waals surface area contributed by atoms with Crippen LogP contribution in [0.4, 0.5) is 4.79 Å². The number of rotatable bonds is 2. The van der Waals surface area contributed by atoms with Crippen molar-refractivity contribution >= 4 is 11.9 Å². The van der Waals surface area contributed by atoms with E-state index in [-0.39, 0.29) is 23.3 Å². The molecule has 0 aromatic heterocycles. The average Bonchev–Trinajstić information content (AvgIpc) is 3.43. The largest absolute Gasteiger partial charge is 0.378 e. The van der Waals surface area contributed by atoms with E-state index in [1.165, 1.54) is 11.1 Å². The van der Waals surface area contributed by atoms with E-state index in [0.29, 0.717) is 32.7 Å². The maximum atomic E-state index is 12.9. The number of fused-ring (bicyclic) bond motifs is 2. The lowest BCUT2D eigenvalue weighted by Crippen LogP contribution is -2.49. The zero-order valence-corrected chi connectivity index (χ0v) is 17.9. The van der Waals surface area contributed by atoms with Crippen LogP contribution in [0.3, 0.4) is 0 Å². The summed E-state index contributed by atoms with van der Waals surface area (Å²) in [6, 6.07) is 8.97. The number of hydrogen-bond donors (Lipinski definition) is 0. The van der Waals surface area contributed by atoms with E-state index in [1.54, 1.807) is 0 Å². The molecule has 162 valence electrons. The molecule has 3 aliphatic heterocycles. The van der Waals surface area contributed by atoms with Gasteiger partial charge in [0, 0.05) is 45.7 Å². The highest BCUT2D eigenvalue weighted by atomic mass is 16.5.